The lowest BCUT2D eigenvalue weighted by Crippen LogP contribution is -2.03. The Kier molecular flexibility index (Phi) is 1.85. The molecule has 56 valence electrons. The van der Waals surface area contributed by atoms with Crippen molar-refractivity contribution in [3.8, 4) is 0 Å². The Labute approximate surface area is 79.6 Å². The highest BCUT2D eigenvalue weighted by Gasteiger charge is 2.01. The van der Waals surface area contributed by atoms with Gasteiger partial charge in [-0.1, -0.05) is 18.2 Å². The fourth-order valence-electron chi connectivity index (χ4n) is 1.18. The first-order valence-electron chi connectivity index (χ1n) is 3.56. The van der Waals surface area contributed by atoms with Crippen LogP contribution in [0.5, 0.6) is 0 Å². The second-order valence-electron chi connectivity index (χ2n) is 2.51. The molecule has 0 amide bonds. The number of fused-ring (bicyclic) bond motifs is 1. The Balaban J connectivity index is 2.53. The molecule has 0 fully saturated rings. The average molecular weight is 257 g/mol. The summed E-state index contributed by atoms with van der Waals surface area (Å²) < 4.78 is 1.28. The van der Waals surface area contributed by atoms with Crippen LogP contribution in [0.4, 0.5) is 5.69 Å². The molecule has 0 radical (unpaired) electrons. The molecule has 0 bridgehead atoms. The number of anilines is 1. The Bertz CT molecular complexity index is 304. The summed E-state index contributed by atoms with van der Waals surface area (Å²) in [5, 5.41) is 3.31. The van der Waals surface area contributed by atoms with Crippen LogP contribution in [0.2, 0.25) is 0 Å². The van der Waals surface area contributed by atoms with E-state index in [1.54, 1.807) is 0 Å². The van der Waals surface area contributed by atoms with Crippen molar-refractivity contribution in [2.45, 2.75) is 0 Å². The van der Waals surface area contributed by atoms with E-state index in [4.69, 9.17) is 0 Å². The second-order valence-corrected chi connectivity index (χ2v) is 3.76. The molecule has 1 nitrogen and oxygen atoms in total. The van der Waals surface area contributed by atoms with Gasteiger partial charge in [0.25, 0.3) is 0 Å². The fraction of sp³-hybridized carbons (Fsp3) is 0.111. The van der Waals surface area contributed by atoms with Crippen molar-refractivity contribution < 1.29 is 0 Å². The van der Waals surface area contributed by atoms with Gasteiger partial charge in [0.05, 0.1) is 0 Å². The first-order chi connectivity index (χ1) is 5.36. The predicted octanol–water partition coefficient (Wildman–Crippen LogP) is 2.73. The number of hydrogen-bond donors (Lipinski definition) is 1. The zero-order valence-corrected chi connectivity index (χ0v) is 8.13. The van der Waals surface area contributed by atoms with Gasteiger partial charge in [-0.2, -0.15) is 0 Å². The van der Waals surface area contributed by atoms with Crippen molar-refractivity contribution >= 4 is 34.4 Å². The van der Waals surface area contributed by atoms with Crippen molar-refractivity contribution in [3.05, 3.63) is 33.4 Å². The van der Waals surface area contributed by atoms with Gasteiger partial charge in [0.2, 0.25) is 0 Å². The molecule has 0 saturated heterocycles. The van der Waals surface area contributed by atoms with E-state index in [0.717, 1.165) is 6.54 Å². The quantitative estimate of drug-likeness (QED) is 0.704. The van der Waals surface area contributed by atoms with Crippen LogP contribution >= 0.6 is 22.6 Å². The van der Waals surface area contributed by atoms with Crippen LogP contribution in [0.15, 0.2) is 24.3 Å². The van der Waals surface area contributed by atoms with Gasteiger partial charge < -0.3 is 5.32 Å². The van der Waals surface area contributed by atoms with E-state index < -0.39 is 0 Å². The van der Waals surface area contributed by atoms with Crippen molar-refractivity contribution in [2.75, 3.05) is 11.9 Å². The van der Waals surface area contributed by atoms with Crippen LogP contribution in [0.25, 0.3) is 6.08 Å². The van der Waals surface area contributed by atoms with Crippen molar-refractivity contribution in [2.24, 2.45) is 0 Å². The molecule has 1 aliphatic rings. The van der Waals surface area contributed by atoms with Gasteiger partial charge in [-0.05, 0) is 40.3 Å². The van der Waals surface area contributed by atoms with E-state index in [2.05, 4.69) is 58.3 Å². The van der Waals surface area contributed by atoms with E-state index in [1.165, 1.54) is 14.8 Å². The molecule has 1 aromatic carbocycles. The van der Waals surface area contributed by atoms with Crippen LogP contribution in [0, 0.1) is 3.57 Å². The Morgan fingerprint density at radius 1 is 1.36 bits per heavy atom. The van der Waals surface area contributed by atoms with Crippen LogP contribution in [-0.2, 0) is 0 Å². The molecule has 0 unspecified atom stereocenters. The summed E-state index contributed by atoms with van der Waals surface area (Å²) in [6, 6.07) is 6.43. The minimum absolute atomic E-state index is 0.951. The van der Waals surface area contributed by atoms with Crippen LogP contribution in [-0.4, -0.2) is 6.54 Å². The smallest absolute Gasteiger partial charge is 0.0426 e. The highest BCUT2D eigenvalue weighted by atomic mass is 127. The molecule has 0 aliphatic carbocycles. The third kappa shape index (κ3) is 1.40. The lowest BCUT2D eigenvalue weighted by Gasteiger charge is -2.12. The largest absolute Gasteiger partial charge is 0.381 e. The summed E-state index contributed by atoms with van der Waals surface area (Å²) in [5.41, 5.74) is 2.54. The van der Waals surface area contributed by atoms with Gasteiger partial charge in [-0.25, -0.2) is 0 Å². The Morgan fingerprint density at radius 3 is 3.18 bits per heavy atom. The molecule has 1 heterocycles. The van der Waals surface area contributed by atoms with E-state index in [0.29, 0.717) is 0 Å². The van der Waals surface area contributed by atoms with Gasteiger partial charge in [-0.15, -0.1) is 0 Å². The monoisotopic (exact) mass is 257 g/mol. The van der Waals surface area contributed by atoms with Gasteiger partial charge in [0.1, 0.15) is 0 Å². The summed E-state index contributed by atoms with van der Waals surface area (Å²) in [4.78, 5) is 0. The molecule has 2 heteroatoms. The molecule has 0 atom stereocenters. The zero-order chi connectivity index (χ0) is 7.68. The zero-order valence-electron chi connectivity index (χ0n) is 5.97. The van der Waals surface area contributed by atoms with Gasteiger partial charge >= 0.3 is 0 Å². The molecular formula is C9H8IN. The SMILES string of the molecule is Ic1ccc2c(c1)NCC=C2. The molecule has 1 aliphatic heterocycles. The Hall–Kier alpha value is -0.510. The van der Waals surface area contributed by atoms with Crippen LogP contribution in [0.1, 0.15) is 5.56 Å². The maximum absolute atomic E-state index is 3.31. The van der Waals surface area contributed by atoms with Crippen molar-refractivity contribution in [1.29, 1.82) is 0 Å². The summed E-state index contributed by atoms with van der Waals surface area (Å²) in [6.07, 6.45) is 4.29. The highest BCUT2D eigenvalue weighted by molar-refractivity contribution is 14.1. The number of benzene rings is 1. The van der Waals surface area contributed by atoms with Gasteiger partial charge in [0.15, 0.2) is 0 Å². The first kappa shape index (κ1) is 7.16. The average Bonchev–Trinajstić information content (AvgIpc) is 2.04. The third-order valence-electron chi connectivity index (χ3n) is 1.72. The highest BCUT2D eigenvalue weighted by Crippen LogP contribution is 2.22. The summed E-state index contributed by atoms with van der Waals surface area (Å²) in [6.45, 7) is 0.951. The maximum atomic E-state index is 3.31. The van der Waals surface area contributed by atoms with Gasteiger partial charge in [-0.3, -0.25) is 0 Å². The van der Waals surface area contributed by atoms with Crippen LogP contribution < -0.4 is 5.32 Å². The summed E-state index contributed by atoms with van der Waals surface area (Å²) in [7, 11) is 0. The number of rotatable bonds is 0. The topological polar surface area (TPSA) is 12.0 Å². The van der Waals surface area contributed by atoms with E-state index in [-0.39, 0.29) is 0 Å². The lowest BCUT2D eigenvalue weighted by molar-refractivity contribution is 1.31. The second kappa shape index (κ2) is 2.85. The first-order valence-corrected chi connectivity index (χ1v) is 4.64. The fourth-order valence-corrected chi connectivity index (χ4v) is 1.67. The number of halogens is 1. The molecule has 11 heavy (non-hydrogen) atoms. The third-order valence-corrected chi connectivity index (χ3v) is 2.39. The van der Waals surface area contributed by atoms with Gasteiger partial charge in [0, 0.05) is 15.8 Å². The molecule has 1 N–H and O–H groups in total. The lowest BCUT2D eigenvalue weighted by atomic mass is 10.1. The van der Waals surface area contributed by atoms with Crippen molar-refractivity contribution in [3.63, 3.8) is 0 Å². The molecule has 1 aromatic rings. The van der Waals surface area contributed by atoms with Crippen molar-refractivity contribution in [1.82, 2.24) is 0 Å². The molecule has 0 saturated carbocycles. The molecule has 0 spiro atoms. The Morgan fingerprint density at radius 2 is 2.27 bits per heavy atom. The molecule has 2 rings (SSSR count). The minimum Gasteiger partial charge on any atom is -0.381 e. The number of nitrogens with one attached hydrogen (secondary N) is 1. The molecular weight excluding hydrogens is 249 g/mol. The minimum atomic E-state index is 0.951. The summed E-state index contributed by atoms with van der Waals surface area (Å²) in [5.74, 6) is 0. The van der Waals surface area contributed by atoms with Crippen LogP contribution in [0.3, 0.4) is 0 Å². The normalized spacial score (nSPS) is 13.9. The number of hydrogen-bond acceptors (Lipinski definition) is 1. The molecule has 0 aromatic heterocycles. The maximum Gasteiger partial charge on any atom is 0.0426 e. The van der Waals surface area contributed by atoms with E-state index >= 15 is 0 Å². The summed E-state index contributed by atoms with van der Waals surface area (Å²) >= 11 is 2.32. The predicted molar refractivity (Wildman–Crippen MR) is 56.7 cm³/mol. The van der Waals surface area contributed by atoms with E-state index in [1.807, 2.05) is 0 Å². The van der Waals surface area contributed by atoms with E-state index in [9.17, 15) is 0 Å². The standard InChI is InChI=1S/C9H8IN/c10-8-4-3-7-2-1-5-11-9(7)6-8/h1-4,6,11H,5H2.